The molecule has 1 aromatic carbocycles. The van der Waals surface area contributed by atoms with Crippen LogP contribution in [0, 0.1) is 5.82 Å². The quantitative estimate of drug-likeness (QED) is 0.873. The van der Waals surface area contributed by atoms with Crippen LogP contribution in [0.15, 0.2) is 18.2 Å². The standard InChI is InChI=1S/C14H21FN2O3/c1-9(2)17(8-10(3)18)14(19)16-13-7-11(20-4)5-6-12(13)15/h5-7,9-10,18H,8H2,1-4H3,(H,16,19). The molecule has 0 heterocycles. The summed E-state index contributed by atoms with van der Waals surface area (Å²) >= 11 is 0. The lowest BCUT2D eigenvalue weighted by Crippen LogP contribution is -2.43. The number of carbonyl (C=O) groups is 1. The number of anilines is 1. The van der Waals surface area contributed by atoms with Gasteiger partial charge in [-0.2, -0.15) is 0 Å². The lowest BCUT2D eigenvalue weighted by Gasteiger charge is -2.28. The van der Waals surface area contributed by atoms with E-state index in [-0.39, 0.29) is 18.3 Å². The minimum absolute atomic E-state index is 0.0468. The number of aliphatic hydroxyl groups is 1. The first-order valence-electron chi connectivity index (χ1n) is 6.44. The molecule has 1 rings (SSSR count). The molecule has 20 heavy (non-hydrogen) atoms. The maximum atomic E-state index is 13.7. The Morgan fingerprint density at radius 2 is 2.10 bits per heavy atom. The van der Waals surface area contributed by atoms with E-state index in [1.807, 2.05) is 13.8 Å². The van der Waals surface area contributed by atoms with Crippen LogP contribution in [0.3, 0.4) is 0 Å². The van der Waals surface area contributed by atoms with Crippen LogP contribution in [-0.2, 0) is 0 Å². The highest BCUT2D eigenvalue weighted by atomic mass is 19.1. The first-order valence-corrected chi connectivity index (χ1v) is 6.44. The van der Waals surface area contributed by atoms with E-state index in [2.05, 4.69) is 5.32 Å². The Morgan fingerprint density at radius 1 is 1.45 bits per heavy atom. The molecule has 0 aliphatic heterocycles. The number of urea groups is 1. The van der Waals surface area contributed by atoms with Gasteiger partial charge in [-0.15, -0.1) is 0 Å². The fraction of sp³-hybridized carbons (Fsp3) is 0.500. The van der Waals surface area contributed by atoms with Crippen LogP contribution in [0.4, 0.5) is 14.9 Å². The molecule has 0 aliphatic rings. The number of halogens is 1. The second-order valence-electron chi connectivity index (χ2n) is 4.87. The number of ether oxygens (including phenoxy) is 1. The summed E-state index contributed by atoms with van der Waals surface area (Å²) in [4.78, 5) is 13.6. The monoisotopic (exact) mass is 284 g/mol. The van der Waals surface area contributed by atoms with E-state index in [9.17, 15) is 14.3 Å². The fourth-order valence-electron chi connectivity index (χ4n) is 1.73. The molecule has 0 aromatic heterocycles. The van der Waals surface area contributed by atoms with E-state index >= 15 is 0 Å². The number of carbonyl (C=O) groups excluding carboxylic acids is 1. The van der Waals surface area contributed by atoms with E-state index in [4.69, 9.17) is 4.74 Å². The van der Waals surface area contributed by atoms with Crippen LogP contribution in [0.25, 0.3) is 0 Å². The number of methoxy groups -OCH3 is 1. The molecule has 1 unspecified atom stereocenters. The summed E-state index contributed by atoms with van der Waals surface area (Å²) < 4.78 is 18.6. The van der Waals surface area contributed by atoms with E-state index in [1.165, 1.54) is 30.2 Å². The lowest BCUT2D eigenvalue weighted by molar-refractivity contribution is 0.125. The van der Waals surface area contributed by atoms with Gasteiger partial charge in [0, 0.05) is 18.7 Å². The van der Waals surface area contributed by atoms with E-state index in [0.29, 0.717) is 5.75 Å². The van der Waals surface area contributed by atoms with Gasteiger partial charge >= 0.3 is 6.03 Å². The Kier molecular flexibility index (Phi) is 5.76. The summed E-state index contributed by atoms with van der Waals surface area (Å²) in [6, 6.07) is 3.53. The molecule has 2 N–H and O–H groups in total. The Balaban J connectivity index is 2.87. The summed E-state index contributed by atoms with van der Waals surface area (Å²) in [5, 5.41) is 11.9. The second kappa shape index (κ2) is 7.09. The molecule has 0 radical (unpaired) electrons. The van der Waals surface area contributed by atoms with Crippen LogP contribution in [-0.4, -0.2) is 41.8 Å². The van der Waals surface area contributed by atoms with Crippen LogP contribution in [0.2, 0.25) is 0 Å². The Morgan fingerprint density at radius 3 is 2.60 bits per heavy atom. The van der Waals surface area contributed by atoms with Gasteiger partial charge in [0.25, 0.3) is 0 Å². The number of aliphatic hydroxyl groups excluding tert-OH is 1. The number of hydrogen-bond donors (Lipinski definition) is 2. The van der Waals surface area contributed by atoms with Crippen molar-refractivity contribution in [3.05, 3.63) is 24.0 Å². The first-order chi connectivity index (χ1) is 9.35. The predicted octanol–water partition coefficient (Wildman–Crippen LogP) is 2.46. The van der Waals surface area contributed by atoms with Crippen molar-refractivity contribution in [1.29, 1.82) is 0 Å². The van der Waals surface area contributed by atoms with Crippen molar-refractivity contribution in [3.8, 4) is 5.75 Å². The average molecular weight is 284 g/mol. The SMILES string of the molecule is COc1ccc(F)c(NC(=O)N(CC(C)O)C(C)C)c1. The number of benzene rings is 1. The lowest BCUT2D eigenvalue weighted by atomic mass is 10.2. The number of rotatable bonds is 5. The van der Waals surface area contributed by atoms with Gasteiger partial charge in [-0.25, -0.2) is 9.18 Å². The van der Waals surface area contributed by atoms with Gasteiger partial charge in [-0.3, -0.25) is 0 Å². The summed E-state index contributed by atoms with van der Waals surface area (Å²) in [6.45, 7) is 5.41. The van der Waals surface area contributed by atoms with Crippen LogP contribution in [0.5, 0.6) is 5.75 Å². The summed E-state index contributed by atoms with van der Waals surface area (Å²) in [5.41, 5.74) is 0.0468. The molecule has 0 bridgehead atoms. The zero-order valence-electron chi connectivity index (χ0n) is 12.2. The fourth-order valence-corrected chi connectivity index (χ4v) is 1.73. The average Bonchev–Trinajstić information content (AvgIpc) is 2.37. The van der Waals surface area contributed by atoms with Crippen molar-refractivity contribution in [2.24, 2.45) is 0 Å². The highest BCUT2D eigenvalue weighted by Crippen LogP contribution is 2.21. The van der Waals surface area contributed by atoms with Crippen LogP contribution >= 0.6 is 0 Å². The Bertz CT molecular complexity index is 464. The molecule has 2 amide bonds. The molecule has 0 aliphatic carbocycles. The largest absolute Gasteiger partial charge is 0.497 e. The molecule has 0 spiro atoms. The van der Waals surface area contributed by atoms with Gasteiger partial charge in [0.2, 0.25) is 0 Å². The van der Waals surface area contributed by atoms with E-state index in [0.717, 1.165) is 0 Å². The van der Waals surface area contributed by atoms with Gasteiger partial charge in [-0.1, -0.05) is 0 Å². The molecule has 6 heteroatoms. The number of nitrogens with zero attached hydrogens (tertiary/aromatic N) is 1. The molecule has 5 nitrogen and oxygen atoms in total. The number of amides is 2. The van der Waals surface area contributed by atoms with E-state index in [1.54, 1.807) is 6.92 Å². The van der Waals surface area contributed by atoms with Crippen molar-refractivity contribution in [1.82, 2.24) is 4.90 Å². The maximum Gasteiger partial charge on any atom is 0.322 e. The molecular formula is C14H21FN2O3. The van der Waals surface area contributed by atoms with Gasteiger partial charge in [0.05, 0.1) is 18.9 Å². The predicted molar refractivity (Wildman–Crippen MR) is 75.5 cm³/mol. The third-order valence-corrected chi connectivity index (χ3v) is 2.76. The molecular weight excluding hydrogens is 263 g/mol. The minimum atomic E-state index is -0.654. The van der Waals surface area contributed by atoms with Crippen molar-refractivity contribution in [2.75, 3.05) is 19.0 Å². The first kappa shape index (κ1) is 16.2. The molecule has 1 aromatic rings. The molecule has 0 saturated heterocycles. The van der Waals surface area contributed by atoms with Gasteiger partial charge < -0.3 is 20.1 Å². The van der Waals surface area contributed by atoms with Crippen LogP contribution < -0.4 is 10.1 Å². The van der Waals surface area contributed by atoms with Gasteiger partial charge in [-0.05, 0) is 32.9 Å². The van der Waals surface area contributed by atoms with Crippen molar-refractivity contribution in [3.63, 3.8) is 0 Å². The normalized spacial score (nSPS) is 12.2. The topological polar surface area (TPSA) is 61.8 Å². The summed E-state index contributed by atoms with van der Waals surface area (Å²) in [7, 11) is 1.46. The van der Waals surface area contributed by atoms with Gasteiger partial charge in [0.1, 0.15) is 11.6 Å². The zero-order chi connectivity index (χ0) is 15.3. The van der Waals surface area contributed by atoms with Gasteiger partial charge in [0.15, 0.2) is 0 Å². The Hall–Kier alpha value is -1.82. The van der Waals surface area contributed by atoms with Crippen molar-refractivity contribution in [2.45, 2.75) is 32.9 Å². The minimum Gasteiger partial charge on any atom is -0.497 e. The smallest absolute Gasteiger partial charge is 0.322 e. The molecule has 112 valence electrons. The van der Waals surface area contributed by atoms with Crippen LogP contribution in [0.1, 0.15) is 20.8 Å². The summed E-state index contributed by atoms with van der Waals surface area (Å²) in [6.07, 6.45) is -0.654. The summed E-state index contributed by atoms with van der Waals surface area (Å²) in [5.74, 6) is -0.0896. The third kappa shape index (κ3) is 4.38. The molecule has 0 fully saturated rings. The maximum absolute atomic E-state index is 13.7. The van der Waals surface area contributed by atoms with Crippen molar-refractivity contribution >= 4 is 11.7 Å². The highest BCUT2D eigenvalue weighted by Gasteiger charge is 2.20. The number of nitrogens with one attached hydrogen (secondary N) is 1. The molecule has 1 atom stereocenters. The van der Waals surface area contributed by atoms with Crippen molar-refractivity contribution < 1.29 is 19.0 Å². The highest BCUT2D eigenvalue weighted by molar-refractivity contribution is 5.89. The second-order valence-corrected chi connectivity index (χ2v) is 4.87. The Labute approximate surface area is 118 Å². The number of hydrogen-bond acceptors (Lipinski definition) is 3. The third-order valence-electron chi connectivity index (χ3n) is 2.76. The zero-order valence-corrected chi connectivity index (χ0v) is 12.2. The van der Waals surface area contributed by atoms with E-state index < -0.39 is 18.0 Å². The molecule has 0 saturated carbocycles.